The number of rotatable bonds is 2. The molecule has 1 aromatic rings. The van der Waals surface area contributed by atoms with E-state index in [-0.39, 0.29) is 6.04 Å². The van der Waals surface area contributed by atoms with Crippen molar-refractivity contribution in [2.45, 2.75) is 38.6 Å². The van der Waals surface area contributed by atoms with Crippen molar-refractivity contribution in [3.63, 3.8) is 0 Å². The van der Waals surface area contributed by atoms with Crippen LogP contribution < -0.4 is 0 Å². The van der Waals surface area contributed by atoms with Gasteiger partial charge in [0, 0.05) is 0 Å². The van der Waals surface area contributed by atoms with E-state index in [4.69, 9.17) is 11.8 Å². The van der Waals surface area contributed by atoms with Crippen LogP contribution in [0, 0.1) is 7.05 Å². The minimum Gasteiger partial charge on any atom is -0.359 e. The first-order valence-corrected chi connectivity index (χ1v) is 7.04. The molecule has 21 heavy (non-hydrogen) atoms. The van der Waals surface area contributed by atoms with Crippen molar-refractivity contribution in [1.82, 2.24) is 0 Å². The summed E-state index contributed by atoms with van der Waals surface area (Å²) in [5.74, 6) is 0. The normalized spacial score (nSPS) is 30.7. The first-order chi connectivity index (χ1) is 9.57. The Morgan fingerprint density at radius 3 is 2.57 bits per heavy atom. The molecule has 0 spiro atoms. The van der Waals surface area contributed by atoms with Crippen molar-refractivity contribution in [3.05, 3.63) is 42.4 Å². The van der Waals surface area contributed by atoms with E-state index < -0.39 is 17.3 Å². The van der Waals surface area contributed by atoms with Crippen molar-refractivity contribution in [2.24, 2.45) is 0 Å². The van der Waals surface area contributed by atoms with Gasteiger partial charge in [0.25, 0.3) is 0 Å². The van der Waals surface area contributed by atoms with Gasteiger partial charge in [0.15, 0.2) is 0 Å². The summed E-state index contributed by atoms with van der Waals surface area (Å²) in [4.78, 5) is 0. The number of hydrogen-bond donors (Lipinski definition) is 0. The van der Waals surface area contributed by atoms with Gasteiger partial charge in [0.1, 0.15) is 18.7 Å². The van der Waals surface area contributed by atoms with Crippen LogP contribution in [0.2, 0.25) is 0 Å². The predicted molar refractivity (Wildman–Crippen MR) is 74.2 cm³/mol. The average molecular weight is 300 g/mol. The number of halogens is 3. The summed E-state index contributed by atoms with van der Waals surface area (Å²) in [6.07, 6.45) is -4.35. The SMILES string of the molecule is [CH][N+]1(C(C)C)CCOC(C)(c2cccc(C(F)(F)F)c2)C1. The number of quaternary nitrogens is 1. The number of alkyl halides is 3. The lowest BCUT2D eigenvalue weighted by Gasteiger charge is -2.47. The summed E-state index contributed by atoms with van der Waals surface area (Å²) in [5.41, 5.74) is -0.945. The molecule has 1 aromatic carbocycles. The molecule has 0 amide bonds. The van der Waals surface area contributed by atoms with E-state index in [1.807, 2.05) is 20.8 Å². The summed E-state index contributed by atoms with van der Waals surface area (Å²) in [5, 5.41) is 0. The summed E-state index contributed by atoms with van der Waals surface area (Å²) in [6, 6.07) is 5.50. The summed E-state index contributed by atoms with van der Waals surface area (Å²) < 4.78 is 44.7. The molecular weight excluding hydrogens is 279 g/mol. The van der Waals surface area contributed by atoms with E-state index in [0.717, 1.165) is 12.1 Å². The molecule has 0 aliphatic carbocycles. The van der Waals surface area contributed by atoms with E-state index in [1.54, 1.807) is 6.07 Å². The van der Waals surface area contributed by atoms with Crippen LogP contribution >= 0.6 is 0 Å². The summed E-state index contributed by atoms with van der Waals surface area (Å²) in [7, 11) is 6.37. The minimum absolute atomic E-state index is 0.180. The number of ether oxygens (including phenoxy) is 1. The standard InChI is InChI=1S/C16H21F3NO/c1-12(2)20(4)8-9-21-15(3,11-20)13-6-5-7-14(10-13)16(17,18)19/h4-7,10,12H,8-9,11H2,1-3H3/q+1. The highest BCUT2D eigenvalue weighted by Crippen LogP contribution is 2.37. The van der Waals surface area contributed by atoms with Crippen LogP contribution in [0.5, 0.6) is 0 Å². The molecule has 1 aliphatic heterocycles. The lowest BCUT2D eigenvalue weighted by atomic mass is 9.90. The van der Waals surface area contributed by atoms with E-state index in [1.165, 1.54) is 6.07 Å². The number of morpholine rings is 1. The maximum atomic E-state index is 12.9. The van der Waals surface area contributed by atoms with Crippen LogP contribution in [0.25, 0.3) is 0 Å². The number of hydrogen-bond acceptors (Lipinski definition) is 1. The second kappa shape index (κ2) is 5.29. The van der Waals surface area contributed by atoms with E-state index in [9.17, 15) is 13.2 Å². The lowest BCUT2D eigenvalue weighted by Crippen LogP contribution is -2.60. The number of benzene rings is 1. The molecule has 2 rings (SSSR count). The largest absolute Gasteiger partial charge is 0.416 e. The molecule has 5 heteroatoms. The van der Waals surface area contributed by atoms with Crippen LogP contribution in [-0.2, 0) is 16.5 Å². The first kappa shape index (κ1) is 16.3. The minimum atomic E-state index is -4.35. The van der Waals surface area contributed by atoms with Gasteiger partial charge in [-0.3, -0.25) is 0 Å². The maximum absolute atomic E-state index is 12.9. The summed E-state index contributed by atoms with van der Waals surface area (Å²) >= 11 is 0. The Hall–Kier alpha value is -1.07. The zero-order chi connectivity index (χ0) is 15.9. The fourth-order valence-corrected chi connectivity index (χ4v) is 2.77. The highest BCUT2D eigenvalue weighted by molar-refractivity contribution is 5.30. The third-order valence-electron chi connectivity index (χ3n) is 4.35. The van der Waals surface area contributed by atoms with Crippen molar-refractivity contribution < 1.29 is 22.4 Å². The summed E-state index contributed by atoms with van der Waals surface area (Å²) in [6.45, 7) is 7.37. The van der Waals surface area contributed by atoms with Gasteiger partial charge in [-0.2, -0.15) is 13.2 Å². The molecule has 2 radical (unpaired) electrons. The van der Waals surface area contributed by atoms with E-state index in [0.29, 0.717) is 29.7 Å². The Morgan fingerprint density at radius 2 is 2.00 bits per heavy atom. The molecule has 1 fully saturated rings. The zero-order valence-corrected chi connectivity index (χ0v) is 12.6. The van der Waals surface area contributed by atoms with Crippen molar-refractivity contribution >= 4 is 0 Å². The van der Waals surface area contributed by atoms with Gasteiger partial charge < -0.3 is 9.22 Å². The molecule has 1 heterocycles. The van der Waals surface area contributed by atoms with Gasteiger partial charge in [-0.25, -0.2) is 0 Å². The average Bonchev–Trinajstić information content (AvgIpc) is 2.37. The van der Waals surface area contributed by atoms with Gasteiger partial charge in [-0.05, 0) is 38.5 Å². The van der Waals surface area contributed by atoms with Crippen LogP contribution in [0.3, 0.4) is 0 Å². The lowest BCUT2D eigenvalue weighted by molar-refractivity contribution is -0.922. The van der Waals surface area contributed by atoms with Crippen molar-refractivity contribution in [2.75, 3.05) is 19.7 Å². The molecule has 0 N–H and O–H groups in total. The van der Waals surface area contributed by atoms with Crippen LogP contribution in [-0.4, -0.2) is 30.2 Å². The molecule has 0 bridgehead atoms. The zero-order valence-electron chi connectivity index (χ0n) is 12.6. The van der Waals surface area contributed by atoms with Crippen LogP contribution in [0.4, 0.5) is 13.2 Å². The van der Waals surface area contributed by atoms with Crippen LogP contribution in [0.1, 0.15) is 31.9 Å². The van der Waals surface area contributed by atoms with E-state index in [2.05, 4.69) is 0 Å². The second-order valence-electron chi connectivity index (χ2n) is 6.24. The van der Waals surface area contributed by atoms with Crippen molar-refractivity contribution in [1.29, 1.82) is 0 Å². The molecule has 1 aliphatic rings. The molecular formula is C16H21F3NO+. The molecule has 0 aromatic heterocycles. The Bertz CT molecular complexity index is 514. The van der Waals surface area contributed by atoms with Gasteiger partial charge in [-0.15, -0.1) is 0 Å². The second-order valence-corrected chi connectivity index (χ2v) is 6.24. The Kier molecular flexibility index (Phi) is 4.10. The Balaban J connectivity index is 2.36. The number of nitrogens with zero attached hydrogens (tertiary/aromatic N) is 1. The topological polar surface area (TPSA) is 9.23 Å². The molecule has 1 saturated heterocycles. The molecule has 2 atom stereocenters. The maximum Gasteiger partial charge on any atom is 0.416 e. The quantitative estimate of drug-likeness (QED) is 0.754. The smallest absolute Gasteiger partial charge is 0.359 e. The Morgan fingerprint density at radius 1 is 1.33 bits per heavy atom. The van der Waals surface area contributed by atoms with Gasteiger partial charge in [-0.1, -0.05) is 12.1 Å². The monoisotopic (exact) mass is 300 g/mol. The Labute approximate surface area is 124 Å². The van der Waals surface area contributed by atoms with Gasteiger partial charge in [0.05, 0.1) is 18.2 Å². The fraction of sp³-hybridized carbons (Fsp3) is 0.562. The molecule has 0 saturated carbocycles. The highest BCUT2D eigenvalue weighted by Gasteiger charge is 2.44. The van der Waals surface area contributed by atoms with Crippen molar-refractivity contribution in [3.8, 4) is 0 Å². The third kappa shape index (κ3) is 3.24. The molecule has 2 unspecified atom stereocenters. The van der Waals surface area contributed by atoms with Gasteiger partial charge >= 0.3 is 6.18 Å². The van der Waals surface area contributed by atoms with E-state index >= 15 is 0 Å². The highest BCUT2D eigenvalue weighted by atomic mass is 19.4. The molecule has 2 nitrogen and oxygen atoms in total. The predicted octanol–water partition coefficient (Wildman–Crippen LogP) is 3.84. The van der Waals surface area contributed by atoms with Crippen LogP contribution in [0.15, 0.2) is 24.3 Å². The van der Waals surface area contributed by atoms with Gasteiger partial charge in [0.2, 0.25) is 7.05 Å². The fourth-order valence-electron chi connectivity index (χ4n) is 2.77. The third-order valence-corrected chi connectivity index (χ3v) is 4.35. The molecule has 116 valence electrons. The first-order valence-electron chi connectivity index (χ1n) is 7.04.